The molecule has 0 saturated heterocycles. The number of hydrogen-bond donors (Lipinski definition) is 1. The molecule has 0 bridgehead atoms. The largest absolute Gasteiger partial charge is 0.497 e. The van der Waals surface area contributed by atoms with Gasteiger partial charge in [-0.25, -0.2) is 0 Å². The van der Waals surface area contributed by atoms with Crippen LogP contribution in [-0.4, -0.2) is 31.6 Å². The van der Waals surface area contributed by atoms with E-state index in [2.05, 4.69) is 44.0 Å². The molecule has 3 nitrogen and oxygen atoms in total. The lowest BCUT2D eigenvalue weighted by Gasteiger charge is -2.34. The Morgan fingerprint density at radius 2 is 2.14 bits per heavy atom. The van der Waals surface area contributed by atoms with E-state index in [1.807, 2.05) is 0 Å². The Morgan fingerprint density at radius 1 is 1.38 bits per heavy atom. The highest BCUT2D eigenvalue weighted by atomic mass is 16.5. The maximum Gasteiger partial charge on any atom is 0.119 e. The van der Waals surface area contributed by atoms with Crippen LogP contribution in [0.5, 0.6) is 5.75 Å². The monoisotopic (exact) mass is 290 g/mol. The normalized spacial score (nSPS) is 19.7. The van der Waals surface area contributed by atoms with Gasteiger partial charge < -0.3 is 10.5 Å². The van der Waals surface area contributed by atoms with Crippen LogP contribution in [0.4, 0.5) is 0 Å². The van der Waals surface area contributed by atoms with E-state index >= 15 is 0 Å². The first kappa shape index (κ1) is 16.3. The molecule has 1 aromatic rings. The Kier molecular flexibility index (Phi) is 5.65. The van der Waals surface area contributed by atoms with Gasteiger partial charge in [0, 0.05) is 12.1 Å². The van der Waals surface area contributed by atoms with Crippen LogP contribution >= 0.6 is 0 Å². The summed E-state index contributed by atoms with van der Waals surface area (Å²) in [5.74, 6) is 1.53. The van der Waals surface area contributed by atoms with E-state index < -0.39 is 0 Å². The van der Waals surface area contributed by atoms with Crippen molar-refractivity contribution in [2.75, 3.05) is 20.7 Å². The number of benzene rings is 1. The average Bonchev–Trinajstić information content (AvgIpc) is 2.50. The Morgan fingerprint density at radius 3 is 2.81 bits per heavy atom. The highest BCUT2D eigenvalue weighted by molar-refractivity contribution is 5.39. The molecule has 21 heavy (non-hydrogen) atoms. The van der Waals surface area contributed by atoms with Crippen LogP contribution in [0, 0.1) is 5.92 Å². The molecule has 0 amide bonds. The quantitative estimate of drug-likeness (QED) is 0.873. The van der Waals surface area contributed by atoms with Gasteiger partial charge in [0.2, 0.25) is 0 Å². The number of hydrogen-bond acceptors (Lipinski definition) is 3. The number of aryl methyl sites for hydroxylation is 1. The summed E-state index contributed by atoms with van der Waals surface area (Å²) >= 11 is 0. The highest BCUT2D eigenvalue weighted by Crippen LogP contribution is 2.35. The predicted octanol–water partition coefficient (Wildman–Crippen LogP) is 3.38. The maximum atomic E-state index is 6.18. The van der Waals surface area contributed by atoms with Gasteiger partial charge in [-0.15, -0.1) is 0 Å². The van der Waals surface area contributed by atoms with Crippen molar-refractivity contribution in [2.45, 2.75) is 51.6 Å². The fourth-order valence-electron chi connectivity index (χ4n) is 3.19. The number of rotatable bonds is 6. The van der Waals surface area contributed by atoms with Gasteiger partial charge in [0.05, 0.1) is 7.11 Å². The molecule has 1 aliphatic rings. The highest BCUT2D eigenvalue weighted by Gasteiger charge is 2.24. The Labute approximate surface area is 129 Å². The van der Waals surface area contributed by atoms with Crippen molar-refractivity contribution in [3.8, 4) is 5.75 Å². The summed E-state index contributed by atoms with van der Waals surface area (Å²) in [7, 11) is 3.97. The second kappa shape index (κ2) is 7.28. The lowest BCUT2D eigenvalue weighted by atomic mass is 9.86. The lowest BCUT2D eigenvalue weighted by molar-refractivity contribution is 0.208. The van der Waals surface area contributed by atoms with Crippen LogP contribution in [0.2, 0.25) is 0 Å². The number of ether oxygens (including phenoxy) is 1. The van der Waals surface area contributed by atoms with E-state index in [0.717, 1.165) is 18.7 Å². The molecule has 0 saturated carbocycles. The van der Waals surface area contributed by atoms with Crippen molar-refractivity contribution in [3.63, 3.8) is 0 Å². The number of nitrogens with two attached hydrogens (primary N) is 1. The summed E-state index contributed by atoms with van der Waals surface area (Å²) in [5, 5.41) is 0. The molecule has 2 unspecified atom stereocenters. The average molecular weight is 290 g/mol. The van der Waals surface area contributed by atoms with Crippen molar-refractivity contribution >= 4 is 0 Å². The first-order chi connectivity index (χ1) is 10.0. The molecule has 0 spiro atoms. The van der Waals surface area contributed by atoms with Gasteiger partial charge >= 0.3 is 0 Å². The molecule has 118 valence electrons. The fraction of sp³-hybridized carbons (Fsp3) is 0.667. The second-order valence-corrected chi connectivity index (χ2v) is 6.65. The SMILES string of the molecule is COc1ccc2c(c1)CCCC2N(C)CCC(N)C(C)C. The summed E-state index contributed by atoms with van der Waals surface area (Å²) in [4.78, 5) is 2.48. The van der Waals surface area contributed by atoms with E-state index in [-0.39, 0.29) is 0 Å². The van der Waals surface area contributed by atoms with Crippen LogP contribution < -0.4 is 10.5 Å². The zero-order valence-corrected chi connectivity index (χ0v) is 13.9. The second-order valence-electron chi connectivity index (χ2n) is 6.65. The van der Waals surface area contributed by atoms with Gasteiger partial charge in [0.15, 0.2) is 0 Å². The van der Waals surface area contributed by atoms with Crippen molar-refractivity contribution in [1.29, 1.82) is 0 Å². The molecule has 0 aliphatic heterocycles. The minimum Gasteiger partial charge on any atom is -0.497 e. The molecule has 3 heteroatoms. The zero-order chi connectivity index (χ0) is 15.4. The van der Waals surface area contributed by atoms with Crippen LogP contribution in [0.15, 0.2) is 18.2 Å². The van der Waals surface area contributed by atoms with Crippen LogP contribution in [0.3, 0.4) is 0 Å². The van der Waals surface area contributed by atoms with Crippen LogP contribution in [0.25, 0.3) is 0 Å². The molecule has 0 radical (unpaired) electrons. The van der Waals surface area contributed by atoms with Gasteiger partial charge in [-0.2, -0.15) is 0 Å². The summed E-state index contributed by atoms with van der Waals surface area (Å²) < 4.78 is 5.35. The van der Waals surface area contributed by atoms with Crippen molar-refractivity contribution in [3.05, 3.63) is 29.3 Å². The third kappa shape index (κ3) is 3.98. The smallest absolute Gasteiger partial charge is 0.119 e. The Balaban J connectivity index is 2.05. The number of methoxy groups -OCH3 is 1. The molecule has 1 aliphatic carbocycles. The molecule has 2 N–H and O–H groups in total. The molecule has 2 atom stereocenters. The molecule has 0 fully saturated rings. The maximum absolute atomic E-state index is 6.18. The van der Waals surface area contributed by atoms with Crippen LogP contribution in [-0.2, 0) is 6.42 Å². The molecule has 0 heterocycles. The molecule has 2 rings (SSSR count). The fourth-order valence-corrected chi connectivity index (χ4v) is 3.19. The third-order valence-corrected chi connectivity index (χ3v) is 4.84. The summed E-state index contributed by atoms with van der Waals surface area (Å²) in [6.07, 6.45) is 4.73. The Bertz CT molecular complexity index is 459. The molecule has 0 aromatic heterocycles. The van der Waals surface area contributed by atoms with Crippen molar-refractivity contribution in [2.24, 2.45) is 11.7 Å². The molecular weight excluding hydrogens is 260 g/mol. The van der Waals surface area contributed by atoms with E-state index in [1.54, 1.807) is 7.11 Å². The van der Waals surface area contributed by atoms with Crippen molar-refractivity contribution < 1.29 is 4.74 Å². The lowest BCUT2D eigenvalue weighted by Crippen LogP contribution is -2.34. The first-order valence-corrected chi connectivity index (χ1v) is 8.15. The van der Waals surface area contributed by atoms with Gasteiger partial charge in [-0.1, -0.05) is 19.9 Å². The first-order valence-electron chi connectivity index (χ1n) is 8.15. The molecule has 1 aromatic carbocycles. The zero-order valence-electron chi connectivity index (χ0n) is 13.9. The standard InChI is InChI=1S/C18H30N2O/c1-13(2)17(19)10-11-20(3)18-7-5-6-14-12-15(21-4)8-9-16(14)18/h8-9,12-13,17-18H,5-7,10-11,19H2,1-4H3. The van der Waals surface area contributed by atoms with E-state index in [4.69, 9.17) is 10.5 Å². The van der Waals surface area contributed by atoms with E-state index in [0.29, 0.717) is 18.0 Å². The van der Waals surface area contributed by atoms with Gasteiger partial charge in [-0.3, -0.25) is 4.90 Å². The predicted molar refractivity (Wildman–Crippen MR) is 88.7 cm³/mol. The summed E-state index contributed by atoms with van der Waals surface area (Å²) in [6, 6.07) is 7.36. The van der Waals surface area contributed by atoms with E-state index in [1.165, 1.54) is 30.4 Å². The topological polar surface area (TPSA) is 38.5 Å². The summed E-state index contributed by atoms with van der Waals surface area (Å²) in [6.45, 7) is 5.47. The summed E-state index contributed by atoms with van der Waals surface area (Å²) in [5.41, 5.74) is 9.11. The number of fused-ring (bicyclic) bond motifs is 1. The van der Waals surface area contributed by atoms with Gasteiger partial charge in [0.25, 0.3) is 0 Å². The van der Waals surface area contributed by atoms with E-state index in [9.17, 15) is 0 Å². The minimum absolute atomic E-state index is 0.298. The number of nitrogens with zero attached hydrogens (tertiary/aromatic N) is 1. The molecular formula is C18H30N2O. The van der Waals surface area contributed by atoms with Gasteiger partial charge in [-0.05, 0) is 68.5 Å². The van der Waals surface area contributed by atoms with Crippen LogP contribution in [0.1, 0.15) is 50.3 Å². The third-order valence-electron chi connectivity index (χ3n) is 4.84. The Hall–Kier alpha value is -1.06. The minimum atomic E-state index is 0.298. The van der Waals surface area contributed by atoms with Gasteiger partial charge in [0.1, 0.15) is 5.75 Å². The van der Waals surface area contributed by atoms with Crippen molar-refractivity contribution in [1.82, 2.24) is 4.90 Å².